The van der Waals surface area contributed by atoms with Crippen LogP contribution in [0.2, 0.25) is 0 Å². The van der Waals surface area contributed by atoms with Crippen LogP contribution in [0, 0.1) is 0 Å². The molecule has 0 aliphatic carbocycles. The molecule has 2 heterocycles. The second-order valence-corrected chi connectivity index (χ2v) is 5.23. The van der Waals surface area contributed by atoms with Crippen LogP contribution in [0.1, 0.15) is 38.2 Å². The van der Waals surface area contributed by atoms with Crippen molar-refractivity contribution in [3.63, 3.8) is 0 Å². The van der Waals surface area contributed by atoms with E-state index in [1.54, 1.807) is 0 Å². The molecular weight excluding hydrogens is 252 g/mol. The van der Waals surface area contributed by atoms with Crippen molar-refractivity contribution in [2.45, 2.75) is 39.2 Å². The molecule has 0 atom stereocenters. The molecule has 1 aliphatic rings. The highest BCUT2D eigenvalue weighted by Crippen LogP contribution is 2.09. The predicted octanol–water partition coefficient (Wildman–Crippen LogP) is 1.98. The van der Waals surface area contributed by atoms with Gasteiger partial charge in [-0.15, -0.1) is 0 Å². The molecule has 1 fully saturated rings. The maximum Gasteiger partial charge on any atom is 0.225 e. The molecule has 5 nitrogen and oxygen atoms in total. The number of hydrogen-bond donors (Lipinski definition) is 1. The second kappa shape index (κ2) is 8.87. The number of anilines is 1. The smallest absolute Gasteiger partial charge is 0.225 e. The molecular formula is C15H26N4O. The molecule has 1 saturated heterocycles. The summed E-state index contributed by atoms with van der Waals surface area (Å²) in [6, 6.07) is 0. The van der Waals surface area contributed by atoms with E-state index in [0.29, 0.717) is 0 Å². The number of unbranched alkanes of at least 4 members (excludes halogenated alkanes) is 3. The molecule has 0 spiro atoms. The molecule has 0 saturated carbocycles. The third kappa shape index (κ3) is 5.06. The lowest BCUT2D eigenvalue weighted by Crippen LogP contribution is -2.37. The van der Waals surface area contributed by atoms with Crippen LogP contribution in [0.4, 0.5) is 5.95 Å². The zero-order valence-corrected chi connectivity index (χ0v) is 12.5. The molecule has 2 rings (SSSR count). The summed E-state index contributed by atoms with van der Waals surface area (Å²) in [4.78, 5) is 11.1. The maximum absolute atomic E-state index is 5.33. The van der Waals surface area contributed by atoms with E-state index in [-0.39, 0.29) is 0 Å². The minimum Gasteiger partial charge on any atom is -0.378 e. The third-order valence-corrected chi connectivity index (χ3v) is 3.52. The Morgan fingerprint density at radius 2 is 1.90 bits per heavy atom. The SMILES string of the molecule is CCCCCCNCc1cnc(N2CCOCC2)nc1. The lowest BCUT2D eigenvalue weighted by atomic mass is 10.2. The first-order valence-electron chi connectivity index (χ1n) is 7.74. The van der Waals surface area contributed by atoms with Crippen LogP contribution in [-0.4, -0.2) is 42.8 Å². The van der Waals surface area contributed by atoms with Crippen molar-refractivity contribution in [3.05, 3.63) is 18.0 Å². The van der Waals surface area contributed by atoms with Gasteiger partial charge < -0.3 is 15.0 Å². The summed E-state index contributed by atoms with van der Waals surface area (Å²) in [6.07, 6.45) is 9.04. The molecule has 20 heavy (non-hydrogen) atoms. The molecule has 1 aromatic rings. The Morgan fingerprint density at radius 1 is 1.15 bits per heavy atom. The minimum absolute atomic E-state index is 0.768. The van der Waals surface area contributed by atoms with E-state index < -0.39 is 0 Å². The number of morpholine rings is 1. The first kappa shape index (κ1) is 15.2. The fraction of sp³-hybridized carbons (Fsp3) is 0.733. The minimum atomic E-state index is 0.768. The van der Waals surface area contributed by atoms with Gasteiger partial charge in [0.05, 0.1) is 13.2 Å². The quantitative estimate of drug-likeness (QED) is 0.737. The summed E-state index contributed by atoms with van der Waals surface area (Å²) in [5.41, 5.74) is 1.15. The molecule has 1 aliphatic heterocycles. The van der Waals surface area contributed by atoms with Gasteiger partial charge in [0.2, 0.25) is 5.95 Å². The van der Waals surface area contributed by atoms with E-state index in [0.717, 1.165) is 50.9 Å². The van der Waals surface area contributed by atoms with Gasteiger partial charge in [-0.3, -0.25) is 0 Å². The lowest BCUT2D eigenvalue weighted by molar-refractivity contribution is 0.122. The molecule has 0 unspecified atom stereocenters. The van der Waals surface area contributed by atoms with E-state index in [1.807, 2.05) is 12.4 Å². The third-order valence-electron chi connectivity index (χ3n) is 3.52. The Bertz CT molecular complexity index is 363. The molecule has 0 radical (unpaired) electrons. The highest BCUT2D eigenvalue weighted by atomic mass is 16.5. The molecule has 5 heteroatoms. The predicted molar refractivity (Wildman–Crippen MR) is 80.9 cm³/mol. The number of hydrogen-bond acceptors (Lipinski definition) is 5. The molecule has 0 bridgehead atoms. The van der Waals surface area contributed by atoms with Crippen molar-refractivity contribution in [1.29, 1.82) is 0 Å². The van der Waals surface area contributed by atoms with E-state index in [1.165, 1.54) is 25.7 Å². The largest absolute Gasteiger partial charge is 0.378 e. The molecule has 112 valence electrons. The van der Waals surface area contributed by atoms with Crippen molar-refractivity contribution in [2.24, 2.45) is 0 Å². The highest BCUT2D eigenvalue weighted by Gasteiger charge is 2.13. The van der Waals surface area contributed by atoms with Crippen molar-refractivity contribution >= 4 is 5.95 Å². The number of rotatable bonds is 8. The van der Waals surface area contributed by atoms with Gasteiger partial charge in [-0.1, -0.05) is 26.2 Å². The zero-order chi connectivity index (χ0) is 14.0. The topological polar surface area (TPSA) is 50.3 Å². The second-order valence-electron chi connectivity index (χ2n) is 5.23. The van der Waals surface area contributed by atoms with Gasteiger partial charge in [-0.25, -0.2) is 9.97 Å². The summed E-state index contributed by atoms with van der Waals surface area (Å²) in [7, 11) is 0. The number of nitrogens with zero attached hydrogens (tertiary/aromatic N) is 3. The normalized spacial score (nSPS) is 15.6. The average Bonchev–Trinajstić information content (AvgIpc) is 2.52. The Labute approximate surface area is 121 Å². The summed E-state index contributed by atoms with van der Waals surface area (Å²) in [6.45, 7) is 7.47. The maximum atomic E-state index is 5.33. The van der Waals surface area contributed by atoms with E-state index >= 15 is 0 Å². The van der Waals surface area contributed by atoms with E-state index in [4.69, 9.17) is 4.74 Å². The van der Waals surface area contributed by atoms with Crippen LogP contribution < -0.4 is 10.2 Å². The van der Waals surface area contributed by atoms with Gasteiger partial charge in [0.25, 0.3) is 0 Å². The Balaban J connectivity index is 1.68. The molecule has 0 aromatic carbocycles. The molecule has 0 amide bonds. The van der Waals surface area contributed by atoms with Gasteiger partial charge in [0.1, 0.15) is 0 Å². The van der Waals surface area contributed by atoms with Gasteiger partial charge in [-0.2, -0.15) is 0 Å². The van der Waals surface area contributed by atoms with Gasteiger partial charge in [0.15, 0.2) is 0 Å². The fourth-order valence-corrected chi connectivity index (χ4v) is 2.28. The Kier molecular flexibility index (Phi) is 6.74. The van der Waals surface area contributed by atoms with Crippen LogP contribution in [0.3, 0.4) is 0 Å². The molecule has 1 N–H and O–H groups in total. The van der Waals surface area contributed by atoms with Crippen molar-refractivity contribution in [3.8, 4) is 0 Å². The van der Waals surface area contributed by atoms with E-state index in [9.17, 15) is 0 Å². The highest BCUT2D eigenvalue weighted by molar-refractivity contribution is 5.30. The number of nitrogens with one attached hydrogen (secondary N) is 1. The average molecular weight is 278 g/mol. The standard InChI is InChI=1S/C15H26N4O/c1-2-3-4-5-6-16-11-14-12-17-15(18-13-14)19-7-9-20-10-8-19/h12-13,16H,2-11H2,1H3. The van der Waals surface area contributed by atoms with Crippen molar-refractivity contribution in [1.82, 2.24) is 15.3 Å². The summed E-state index contributed by atoms with van der Waals surface area (Å²) in [5, 5.41) is 3.45. The first-order chi connectivity index (χ1) is 9.90. The lowest BCUT2D eigenvalue weighted by Gasteiger charge is -2.26. The van der Waals surface area contributed by atoms with Gasteiger partial charge in [-0.05, 0) is 13.0 Å². The summed E-state index contributed by atoms with van der Waals surface area (Å²) in [5.74, 6) is 0.819. The Morgan fingerprint density at radius 3 is 2.60 bits per heavy atom. The summed E-state index contributed by atoms with van der Waals surface area (Å²) < 4.78 is 5.33. The summed E-state index contributed by atoms with van der Waals surface area (Å²) >= 11 is 0. The fourth-order valence-electron chi connectivity index (χ4n) is 2.28. The van der Waals surface area contributed by atoms with Crippen molar-refractivity contribution < 1.29 is 4.74 Å². The Hall–Kier alpha value is -1.20. The van der Waals surface area contributed by atoms with Crippen LogP contribution in [-0.2, 0) is 11.3 Å². The van der Waals surface area contributed by atoms with Crippen LogP contribution in [0.25, 0.3) is 0 Å². The van der Waals surface area contributed by atoms with E-state index in [2.05, 4.69) is 27.1 Å². The van der Waals surface area contributed by atoms with Crippen LogP contribution >= 0.6 is 0 Å². The monoisotopic (exact) mass is 278 g/mol. The van der Waals surface area contributed by atoms with Crippen molar-refractivity contribution in [2.75, 3.05) is 37.7 Å². The zero-order valence-electron chi connectivity index (χ0n) is 12.5. The molecule has 1 aromatic heterocycles. The van der Waals surface area contributed by atoms with Crippen LogP contribution in [0.15, 0.2) is 12.4 Å². The number of aromatic nitrogens is 2. The van der Waals surface area contributed by atoms with Gasteiger partial charge >= 0.3 is 0 Å². The first-order valence-corrected chi connectivity index (χ1v) is 7.74. The van der Waals surface area contributed by atoms with Gasteiger partial charge in [0, 0.05) is 37.6 Å². The number of ether oxygens (including phenoxy) is 1. The van der Waals surface area contributed by atoms with Crippen LogP contribution in [0.5, 0.6) is 0 Å².